The summed E-state index contributed by atoms with van der Waals surface area (Å²) in [6.45, 7) is 7.12. The molecule has 0 saturated heterocycles. The van der Waals surface area contributed by atoms with Gasteiger partial charge in [-0.2, -0.15) is 0 Å². The molecule has 0 unspecified atom stereocenters. The van der Waals surface area contributed by atoms with Gasteiger partial charge < -0.3 is 0 Å². The van der Waals surface area contributed by atoms with Crippen molar-refractivity contribution in [3.63, 3.8) is 0 Å². The molecule has 0 aromatic heterocycles. The highest BCUT2D eigenvalue weighted by Crippen LogP contribution is 2.40. The molecule has 1 aliphatic carbocycles. The van der Waals surface area contributed by atoms with Crippen LogP contribution in [0.4, 0.5) is 0 Å². The quantitative estimate of drug-likeness (QED) is 0.496. The zero-order valence-corrected chi connectivity index (χ0v) is 10.0. The van der Waals surface area contributed by atoms with E-state index in [1.54, 1.807) is 0 Å². The average molecular weight is 266 g/mol. The molecule has 0 atom stereocenters. The minimum Gasteiger partial charge on any atom is -0.0792 e. The van der Waals surface area contributed by atoms with Crippen LogP contribution in [0.5, 0.6) is 0 Å². The Bertz CT molecular complexity index is 117. The molecule has 0 aliphatic heterocycles. The molecule has 66 valence electrons. The van der Waals surface area contributed by atoms with Crippen LogP contribution in [0.15, 0.2) is 0 Å². The highest BCUT2D eigenvalue weighted by atomic mass is 127. The topological polar surface area (TPSA) is 0 Å². The average Bonchev–Trinajstić information content (AvgIpc) is 1.86. The highest BCUT2D eigenvalue weighted by Gasteiger charge is 2.29. The van der Waals surface area contributed by atoms with Crippen LogP contribution in [0.3, 0.4) is 0 Å². The van der Waals surface area contributed by atoms with E-state index in [1.165, 1.54) is 25.7 Å². The molecule has 1 rings (SSSR count). The summed E-state index contributed by atoms with van der Waals surface area (Å²) in [5.74, 6) is 1.92. The molecule has 0 amide bonds. The van der Waals surface area contributed by atoms with Crippen molar-refractivity contribution in [3.8, 4) is 0 Å². The molecular formula is C10H19I. The zero-order chi connectivity index (χ0) is 8.48. The van der Waals surface area contributed by atoms with Gasteiger partial charge in [0.1, 0.15) is 0 Å². The molecule has 0 spiro atoms. The second kappa shape index (κ2) is 3.63. The van der Waals surface area contributed by atoms with Gasteiger partial charge in [0.25, 0.3) is 0 Å². The van der Waals surface area contributed by atoms with Crippen molar-refractivity contribution >= 4 is 22.6 Å². The Labute approximate surface area is 84.3 Å². The summed E-state index contributed by atoms with van der Waals surface area (Å²) in [6.07, 6.45) is 5.76. The van der Waals surface area contributed by atoms with E-state index in [1.807, 2.05) is 0 Å². The number of alkyl halides is 1. The predicted molar refractivity (Wildman–Crippen MR) is 59.2 cm³/mol. The van der Waals surface area contributed by atoms with Crippen molar-refractivity contribution in [3.05, 3.63) is 0 Å². The first-order chi connectivity index (χ1) is 5.01. The van der Waals surface area contributed by atoms with Crippen molar-refractivity contribution in [2.45, 2.75) is 49.9 Å². The first-order valence-electron chi connectivity index (χ1n) is 4.70. The van der Waals surface area contributed by atoms with E-state index in [2.05, 4.69) is 43.4 Å². The van der Waals surface area contributed by atoms with Crippen LogP contribution in [0.25, 0.3) is 0 Å². The lowest BCUT2D eigenvalue weighted by molar-refractivity contribution is 0.258. The summed E-state index contributed by atoms with van der Waals surface area (Å²) in [6, 6.07) is 0. The first-order valence-corrected chi connectivity index (χ1v) is 5.78. The van der Waals surface area contributed by atoms with Crippen LogP contribution in [-0.4, -0.2) is 3.42 Å². The van der Waals surface area contributed by atoms with Gasteiger partial charge in [0, 0.05) is 3.42 Å². The van der Waals surface area contributed by atoms with Gasteiger partial charge in [-0.25, -0.2) is 0 Å². The minimum atomic E-state index is 0.614. The first kappa shape index (κ1) is 9.82. The number of rotatable bonds is 1. The molecule has 0 heterocycles. The van der Waals surface area contributed by atoms with Crippen molar-refractivity contribution in [2.75, 3.05) is 0 Å². The second-order valence-corrected chi connectivity index (χ2v) is 7.10. The van der Waals surface area contributed by atoms with Gasteiger partial charge in [0.05, 0.1) is 0 Å². The van der Waals surface area contributed by atoms with Crippen LogP contribution < -0.4 is 0 Å². The van der Waals surface area contributed by atoms with Gasteiger partial charge in [-0.1, -0.05) is 43.4 Å². The van der Waals surface area contributed by atoms with Crippen molar-refractivity contribution in [1.29, 1.82) is 0 Å². The van der Waals surface area contributed by atoms with Gasteiger partial charge in [-0.15, -0.1) is 0 Å². The van der Waals surface area contributed by atoms with E-state index in [0.717, 1.165) is 11.8 Å². The monoisotopic (exact) mass is 266 g/mol. The Hall–Kier alpha value is 0.730. The van der Waals surface area contributed by atoms with Crippen molar-refractivity contribution < 1.29 is 0 Å². The molecule has 1 saturated carbocycles. The van der Waals surface area contributed by atoms with E-state index < -0.39 is 0 Å². The number of hydrogen-bond acceptors (Lipinski definition) is 0. The predicted octanol–water partition coefficient (Wildman–Crippen LogP) is 4.03. The third-order valence-electron chi connectivity index (χ3n) is 3.02. The Morgan fingerprint density at radius 3 is 2.09 bits per heavy atom. The van der Waals surface area contributed by atoms with Gasteiger partial charge in [0.15, 0.2) is 0 Å². The zero-order valence-electron chi connectivity index (χ0n) is 7.86. The summed E-state index contributed by atoms with van der Waals surface area (Å²) in [7, 11) is 0. The van der Waals surface area contributed by atoms with Crippen LogP contribution in [0.2, 0.25) is 0 Å². The maximum Gasteiger partial charge on any atom is 0.0194 e. The molecule has 11 heavy (non-hydrogen) atoms. The summed E-state index contributed by atoms with van der Waals surface area (Å²) >= 11 is 2.62. The molecule has 1 fully saturated rings. The Balaban J connectivity index is 2.36. The number of hydrogen-bond donors (Lipinski definition) is 0. The fourth-order valence-electron chi connectivity index (χ4n) is 1.91. The van der Waals surface area contributed by atoms with Crippen LogP contribution in [-0.2, 0) is 0 Å². The summed E-state index contributed by atoms with van der Waals surface area (Å²) in [4.78, 5) is 0. The van der Waals surface area contributed by atoms with Gasteiger partial charge in [-0.3, -0.25) is 0 Å². The molecule has 1 aliphatic rings. The standard InChI is InChI=1S/C10H19I/c1-8(2)9-4-6-10(3,11)7-5-9/h8-9H,4-7H2,1-3H3. The lowest BCUT2D eigenvalue weighted by Crippen LogP contribution is -2.26. The molecule has 0 N–H and O–H groups in total. The van der Waals surface area contributed by atoms with E-state index in [9.17, 15) is 0 Å². The van der Waals surface area contributed by atoms with E-state index in [0.29, 0.717) is 3.42 Å². The smallest absolute Gasteiger partial charge is 0.0194 e. The third kappa shape index (κ3) is 2.92. The van der Waals surface area contributed by atoms with Crippen LogP contribution in [0.1, 0.15) is 46.5 Å². The van der Waals surface area contributed by atoms with E-state index in [4.69, 9.17) is 0 Å². The highest BCUT2D eigenvalue weighted by molar-refractivity contribution is 14.1. The van der Waals surface area contributed by atoms with Gasteiger partial charge >= 0.3 is 0 Å². The molecule has 0 aromatic rings. The van der Waals surface area contributed by atoms with Crippen LogP contribution in [0, 0.1) is 11.8 Å². The number of halogens is 1. The Morgan fingerprint density at radius 2 is 1.73 bits per heavy atom. The van der Waals surface area contributed by atoms with Gasteiger partial charge in [-0.05, 0) is 37.5 Å². The Kier molecular flexibility index (Phi) is 3.24. The van der Waals surface area contributed by atoms with Crippen molar-refractivity contribution in [2.24, 2.45) is 11.8 Å². The van der Waals surface area contributed by atoms with Gasteiger partial charge in [0.2, 0.25) is 0 Å². The maximum atomic E-state index is 2.62. The Morgan fingerprint density at radius 1 is 1.27 bits per heavy atom. The molecule has 0 bridgehead atoms. The fraction of sp³-hybridized carbons (Fsp3) is 1.00. The summed E-state index contributed by atoms with van der Waals surface area (Å²) in [5, 5.41) is 0. The van der Waals surface area contributed by atoms with Crippen LogP contribution >= 0.6 is 22.6 Å². The largest absolute Gasteiger partial charge is 0.0792 e. The summed E-state index contributed by atoms with van der Waals surface area (Å²) in [5.41, 5.74) is 0. The van der Waals surface area contributed by atoms with E-state index >= 15 is 0 Å². The normalized spacial score (nSPS) is 39.5. The van der Waals surface area contributed by atoms with Crippen molar-refractivity contribution in [1.82, 2.24) is 0 Å². The molecule has 0 aromatic carbocycles. The lowest BCUT2D eigenvalue weighted by atomic mass is 9.78. The third-order valence-corrected chi connectivity index (χ3v) is 4.09. The molecule has 0 radical (unpaired) electrons. The molecule has 1 heteroatoms. The maximum absolute atomic E-state index is 2.62. The SMILES string of the molecule is CC(C)C1CCC(C)(I)CC1. The molecule has 0 nitrogen and oxygen atoms in total. The minimum absolute atomic E-state index is 0.614. The summed E-state index contributed by atoms with van der Waals surface area (Å²) < 4.78 is 0.614. The second-order valence-electron chi connectivity index (χ2n) is 4.49. The molecular weight excluding hydrogens is 247 g/mol. The fourth-order valence-corrected chi connectivity index (χ4v) is 2.53. The lowest BCUT2D eigenvalue weighted by Gasteiger charge is -2.34. The van der Waals surface area contributed by atoms with E-state index in [-0.39, 0.29) is 0 Å².